The minimum atomic E-state index is -3.36. The summed E-state index contributed by atoms with van der Waals surface area (Å²) in [6, 6.07) is 5.97. The number of carbonyl (C=O) groups is 1. The first kappa shape index (κ1) is 17.7. The van der Waals surface area contributed by atoms with Gasteiger partial charge in [-0.25, -0.2) is 21.9 Å². The third-order valence-electron chi connectivity index (χ3n) is 3.59. The predicted molar refractivity (Wildman–Crippen MR) is 86.1 cm³/mol. The Kier molecular flexibility index (Phi) is 5.95. The lowest BCUT2D eigenvalue weighted by molar-refractivity contribution is 0.239. The molecule has 128 valence electrons. The molecule has 8 heteroatoms. The maximum atomic E-state index is 12.9. The zero-order chi connectivity index (χ0) is 16.9. The molecule has 0 radical (unpaired) electrons. The Morgan fingerprint density at radius 1 is 1.26 bits per heavy atom. The van der Waals surface area contributed by atoms with Gasteiger partial charge in [0.15, 0.2) is 0 Å². The van der Waals surface area contributed by atoms with Crippen molar-refractivity contribution in [1.82, 2.24) is 14.9 Å². The summed E-state index contributed by atoms with van der Waals surface area (Å²) in [6.07, 6.45) is 3.63. The third kappa shape index (κ3) is 6.54. The van der Waals surface area contributed by atoms with Crippen LogP contribution in [0.3, 0.4) is 0 Å². The summed E-state index contributed by atoms with van der Waals surface area (Å²) in [6.45, 7) is 0.740. The van der Waals surface area contributed by atoms with E-state index in [4.69, 9.17) is 0 Å². The molecule has 0 saturated heterocycles. The second-order valence-corrected chi connectivity index (χ2v) is 7.70. The van der Waals surface area contributed by atoms with E-state index in [0.717, 1.165) is 24.7 Å². The summed E-state index contributed by atoms with van der Waals surface area (Å²) in [5.74, 6) is -0.320. The average molecular weight is 343 g/mol. The van der Waals surface area contributed by atoms with E-state index in [1.165, 1.54) is 16.4 Å². The Morgan fingerprint density at radius 2 is 1.91 bits per heavy atom. The summed E-state index contributed by atoms with van der Waals surface area (Å²) in [5.41, 5.74) is 0.861. The van der Waals surface area contributed by atoms with Crippen molar-refractivity contribution in [3.8, 4) is 0 Å². The number of benzene rings is 1. The quantitative estimate of drug-likeness (QED) is 0.742. The molecule has 6 nitrogen and oxygen atoms in total. The molecule has 0 heterocycles. The SMILES string of the molecule is CS(=O)(=O)N(CCNC(=O)NC1CC1)CCc1ccc(F)cc1. The van der Waals surface area contributed by atoms with Crippen LogP contribution in [0.25, 0.3) is 0 Å². The molecule has 0 unspecified atom stereocenters. The molecule has 1 aliphatic carbocycles. The van der Waals surface area contributed by atoms with Crippen molar-refractivity contribution in [1.29, 1.82) is 0 Å². The van der Waals surface area contributed by atoms with Gasteiger partial charge in [-0.05, 0) is 37.0 Å². The number of halogens is 1. The molecule has 0 aliphatic heterocycles. The summed E-state index contributed by atoms with van der Waals surface area (Å²) in [4.78, 5) is 11.5. The van der Waals surface area contributed by atoms with Crippen LogP contribution >= 0.6 is 0 Å². The fourth-order valence-electron chi connectivity index (χ4n) is 2.11. The second kappa shape index (κ2) is 7.74. The maximum Gasteiger partial charge on any atom is 0.315 e. The Morgan fingerprint density at radius 3 is 2.48 bits per heavy atom. The van der Waals surface area contributed by atoms with E-state index in [9.17, 15) is 17.6 Å². The van der Waals surface area contributed by atoms with Crippen LogP contribution in [0.5, 0.6) is 0 Å². The summed E-state index contributed by atoms with van der Waals surface area (Å²) >= 11 is 0. The second-order valence-electron chi connectivity index (χ2n) is 5.71. The van der Waals surface area contributed by atoms with E-state index in [0.29, 0.717) is 6.42 Å². The normalized spacial score (nSPS) is 14.7. The topological polar surface area (TPSA) is 78.5 Å². The van der Waals surface area contributed by atoms with E-state index >= 15 is 0 Å². The van der Waals surface area contributed by atoms with Crippen molar-refractivity contribution in [3.05, 3.63) is 35.6 Å². The first-order valence-corrected chi connectivity index (χ1v) is 9.43. The van der Waals surface area contributed by atoms with E-state index in [1.54, 1.807) is 12.1 Å². The average Bonchev–Trinajstić information content (AvgIpc) is 3.27. The molecule has 2 N–H and O–H groups in total. The summed E-state index contributed by atoms with van der Waals surface area (Å²) in [7, 11) is -3.36. The lowest BCUT2D eigenvalue weighted by Crippen LogP contribution is -2.43. The Balaban J connectivity index is 1.79. The van der Waals surface area contributed by atoms with Crippen molar-refractivity contribution in [2.45, 2.75) is 25.3 Å². The summed E-state index contributed by atoms with van der Waals surface area (Å²) < 4.78 is 37.8. The van der Waals surface area contributed by atoms with Gasteiger partial charge in [0, 0.05) is 25.7 Å². The first-order chi connectivity index (χ1) is 10.8. The van der Waals surface area contributed by atoms with Crippen LogP contribution in [0.1, 0.15) is 18.4 Å². The molecule has 0 bridgehead atoms. The Bertz CT molecular complexity index is 630. The van der Waals surface area contributed by atoms with Gasteiger partial charge in [-0.15, -0.1) is 0 Å². The van der Waals surface area contributed by atoms with Gasteiger partial charge in [0.2, 0.25) is 10.0 Å². The Hall–Kier alpha value is -1.67. The minimum absolute atomic E-state index is 0.206. The van der Waals surface area contributed by atoms with Gasteiger partial charge in [-0.2, -0.15) is 0 Å². The van der Waals surface area contributed by atoms with Gasteiger partial charge in [-0.1, -0.05) is 12.1 Å². The highest BCUT2D eigenvalue weighted by molar-refractivity contribution is 7.88. The third-order valence-corrected chi connectivity index (χ3v) is 4.89. The first-order valence-electron chi connectivity index (χ1n) is 7.58. The van der Waals surface area contributed by atoms with Gasteiger partial charge >= 0.3 is 6.03 Å². The van der Waals surface area contributed by atoms with Gasteiger partial charge in [0.25, 0.3) is 0 Å². The molecule has 1 fully saturated rings. The molecule has 2 rings (SSSR count). The van der Waals surface area contributed by atoms with Crippen LogP contribution in [0.4, 0.5) is 9.18 Å². The van der Waals surface area contributed by atoms with Crippen molar-refractivity contribution in [3.63, 3.8) is 0 Å². The van der Waals surface area contributed by atoms with Crippen molar-refractivity contribution < 1.29 is 17.6 Å². The van der Waals surface area contributed by atoms with Gasteiger partial charge in [0.1, 0.15) is 5.82 Å². The number of rotatable bonds is 8. The van der Waals surface area contributed by atoms with Gasteiger partial charge < -0.3 is 10.6 Å². The van der Waals surface area contributed by atoms with Crippen LogP contribution in [-0.2, 0) is 16.4 Å². The highest BCUT2D eigenvalue weighted by Gasteiger charge is 2.23. The lowest BCUT2D eigenvalue weighted by atomic mass is 10.1. The number of hydrogen-bond donors (Lipinski definition) is 2. The number of urea groups is 1. The molecule has 1 aromatic rings. The van der Waals surface area contributed by atoms with Gasteiger partial charge in [0.05, 0.1) is 6.26 Å². The van der Waals surface area contributed by atoms with Crippen molar-refractivity contribution in [2.75, 3.05) is 25.9 Å². The highest BCUT2D eigenvalue weighted by Crippen LogP contribution is 2.18. The molecule has 2 amide bonds. The molecule has 1 saturated carbocycles. The molecule has 0 aromatic heterocycles. The molecule has 0 spiro atoms. The molecule has 23 heavy (non-hydrogen) atoms. The fourth-order valence-corrected chi connectivity index (χ4v) is 2.95. The molecule has 1 aliphatic rings. The predicted octanol–water partition coefficient (Wildman–Crippen LogP) is 1.09. The maximum absolute atomic E-state index is 12.9. The lowest BCUT2D eigenvalue weighted by Gasteiger charge is -2.20. The van der Waals surface area contributed by atoms with Crippen LogP contribution in [0, 0.1) is 5.82 Å². The minimum Gasteiger partial charge on any atom is -0.337 e. The molecular weight excluding hydrogens is 321 g/mol. The Labute approximate surface area is 136 Å². The zero-order valence-corrected chi connectivity index (χ0v) is 13.9. The monoisotopic (exact) mass is 343 g/mol. The van der Waals surface area contributed by atoms with E-state index < -0.39 is 10.0 Å². The largest absolute Gasteiger partial charge is 0.337 e. The molecular formula is C15H22FN3O3S. The number of amides is 2. The van der Waals surface area contributed by atoms with Crippen LogP contribution in [0.2, 0.25) is 0 Å². The summed E-state index contributed by atoms with van der Waals surface area (Å²) in [5, 5.41) is 5.43. The van der Waals surface area contributed by atoms with E-state index in [2.05, 4.69) is 10.6 Å². The van der Waals surface area contributed by atoms with Crippen LogP contribution < -0.4 is 10.6 Å². The smallest absolute Gasteiger partial charge is 0.315 e. The van der Waals surface area contributed by atoms with Crippen molar-refractivity contribution in [2.24, 2.45) is 0 Å². The zero-order valence-electron chi connectivity index (χ0n) is 13.1. The number of nitrogens with one attached hydrogen (secondary N) is 2. The van der Waals surface area contributed by atoms with E-state index in [-0.39, 0.29) is 37.5 Å². The highest BCUT2D eigenvalue weighted by atomic mass is 32.2. The molecule has 0 atom stereocenters. The molecule has 1 aromatic carbocycles. The number of nitrogens with zero attached hydrogens (tertiary/aromatic N) is 1. The van der Waals surface area contributed by atoms with Crippen LogP contribution in [0.15, 0.2) is 24.3 Å². The van der Waals surface area contributed by atoms with E-state index in [1.807, 2.05) is 0 Å². The van der Waals surface area contributed by atoms with Crippen LogP contribution in [-0.4, -0.2) is 50.7 Å². The van der Waals surface area contributed by atoms with Gasteiger partial charge in [-0.3, -0.25) is 0 Å². The number of hydrogen-bond acceptors (Lipinski definition) is 3. The standard InChI is InChI=1S/C15H22FN3O3S/c1-23(21,22)19(10-8-12-2-4-13(16)5-3-12)11-9-17-15(20)18-14-6-7-14/h2-5,14H,6-11H2,1H3,(H2,17,18,20). The number of carbonyl (C=O) groups excluding carboxylic acids is 1. The fraction of sp³-hybridized carbons (Fsp3) is 0.533. The number of sulfonamides is 1. The van der Waals surface area contributed by atoms with Crippen molar-refractivity contribution >= 4 is 16.1 Å².